The van der Waals surface area contributed by atoms with E-state index in [1.807, 2.05) is 0 Å². The summed E-state index contributed by atoms with van der Waals surface area (Å²) in [6.45, 7) is 1.92. The highest BCUT2D eigenvalue weighted by atomic mass is 127. The molecule has 0 unspecified atom stereocenters. The number of nitrogens with zero attached hydrogens (tertiary/aromatic N) is 3. The number of halogens is 2. The van der Waals surface area contributed by atoms with Crippen LogP contribution in [0.2, 0.25) is 5.28 Å². The van der Waals surface area contributed by atoms with Crippen molar-refractivity contribution in [3.8, 4) is 0 Å². The summed E-state index contributed by atoms with van der Waals surface area (Å²) in [7, 11) is 1.77. The first-order valence-electron chi connectivity index (χ1n) is 5.16. The van der Waals surface area contributed by atoms with E-state index in [0.29, 0.717) is 11.4 Å². The number of methoxy groups -OCH3 is 1. The lowest BCUT2D eigenvalue weighted by Gasteiger charge is -2.32. The van der Waals surface area contributed by atoms with Crippen molar-refractivity contribution in [1.29, 1.82) is 0 Å². The van der Waals surface area contributed by atoms with Gasteiger partial charge in [0.05, 0.1) is 9.67 Å². The number of aromatic nitrogens is 2. The fourth-order valence-electron chi connectivity index (χ4n) is 1.86. The zero-order chi connectivity index (χ0) is 11.5. The summed E-state index contributed by atoms with van der Waals surface area (Å²) in [5.41, 5.74) is 0. The standard InChI is InChI=1S/C10H13ClIN3O/c1-16-7-2-4-15(5-3-7)9-8(12)6-13-10(11)14-9/h6-7H,2-5H2,1H3. The lowest BCUT2D eigenvalue weighted by Crippen LogP contribution is -2.37. The van der Waals surface area contributed by atoms with E-state index in [0.717, 1.165) is 35.3 Å². The van der Waals surface area contributed by atoms with E-state index in [4.69, 9.17) is 16.3 Å². The molecule has 1 aliphatic rings. The van der Waals surface area contributed by atoms with Crippen molar-refractivity contribution in [1.82, 2.24) is 9.97 Å². The normalized spacial score (nSPS) is 17.8. The summed E-state index contributed by atoms with van der Waals surface area (Å²) in [6.07, 6.45) is 4.21. The second-order valence-corrected chi connectivity index (χ2v) is 5.23. The maximum absolute atomic E-state index is 5.82. The van der Waals surface area contributed by atoms with Gasteiger partial charge in [0.1, 0.15) is 5.82 Å². The molecule has 0 atom stereocenters. The molecule has 2 heterocycles. The maximum atomic E-state index is 5.82. The second kappa shape index (κ2) is 5.46. The topological polar surface area (TPSA) is 38.2 Å². The van der Waals surface area contributed by atoms with Crippen molar-refractivity contribution in [3.05, 3.63) is 15.1 Å². The third-order valence-electron chi connectivity index (χ3n) is 2.77. The molecule has 0 bridgehead atoms. The maximum Gasteiger partial charge on any atom is 0.224 e. The van der Waals surface area contributed by atoms with Crippen molar-refractivity contribution < 1.29 is 4.74 Å². The number of hydrogen-bond donors (Lipinski definition) is 0. The summed E-state index contributed by atoms with van der Waals surface area (Å²) < 4.78 is 6.38. The van der Waals surface area contributed by atoms with E-state index in [1.165, 1.54) is 0 Å². The predicted molar refractivity (Wildman–Crippen MR) is 72.0 cm³/mol. The fraction of sp³-hybridized carbons (Fsp3) is 0.600. The Hall–Kier alpha value is -0.140. The summed E-state index contributed by atoms with van der Waals surface area (Å²) in [5, 5.41) is 0.310. The molecule has 0 aromatic carbocycles. The number of piperidine rings is 1. The largest absolute Gasteiger partial charge is 0.381 e. The van der Waals surface area contributed by atoms with E-state index in [-0.39, 0.29) is 0 Å². The molecule has 0 aliphatic carbocycles. The number of rotatable bonds is 2. The lowest BCUT2D eigenvalue weighted by atomic mass is 10.1. The lowest BCUT2D eigenvalue weighted by molar-refractivity contribution is 0.0817. The zero-order valence-corrected chi connectivity index (χ0v) is 11.9. The highest BCUT2D eigenvalue weighted by Crippen LogP contribution is 2.24. The average molecular weight is 354 g/mol. The van der Waals surface area contributed by atoms with Crippen LogP contribution in [0.1, 0.15) is 12.8 Å². The summed E-state index contributed by atoms with van der Waals surface area (Å²) >= 11 is 8.05. The quantitative estimate of drug-likeness (QED) is 0.604. The number of anilines is 1. The van der Waals surface area contributed by atoms with Crippen molar-refractivity contribution in [3.63, 3.8) is 0 Å². The fourth-order valence-corrected chi connectivity index (χ4v) is 2.59. The number of ether oxygens (including phenoxy) is 1. The van der Waals surface area contributed by atoms with Crippen LogP contribution in [-0.2, 0) is 4.74 Å². The molecule has 0 saturated carbocycles. The smallest absolute Gasteiger partial charge is 0.224 e. The first kappa shape index (κ1) is 12.3. The molecular formula is C10H13ClIN3O. The van der Waals surface area contributed by atoms with Gasteiger partial charge in [0, 0.05) is 26.4 Å². The molecule has 0 radical (unpaired) electrons. The van der Waals surface area contributed by atoms with E-state index in [1.54, 1.807) is 13.3 Å². The monoisotopic (exact) mass is 353 g/mol. The van der Waals surface area contributed by atoms with Gasteiger partial charge in [-0.15, -0.1) is 0 Å². The van der Waals surface area contributed by atoms with Crippen LogP contribution in [0.3, 0.4) is 0 Å². The van der Waals surface area contributed by atoms with Gasteiger partial charge in [-0.1, -0.05) is 0 Å². The molecule has 16 heavy (non-hydrogen) atoms. The molecular weight excluding hydrogens is 340 g/mol. The molecule has 0 amide bonds. The summed E-state index contributed by atoms with van der Waals surface area (Å²) in [4.78, 5) is 10.5. The van der Waals surface area contributed by atoms with Crippen molar-refractivity contribution >= 4 is 40.0 Å². The molecule has 0 spiro atoms. The third kappa shape index (κ3) is 2.75. The molecule has 2 rings (SSSR count). The molecule has 1 aromatic rings. The first-order valence-corrected chi connectivity index (χ1v) is 6.62. The molecule has 88 valence electrons. The van der Waals surface area contributed by atoms with Crippen molar-refractivity contribution in [2.75, 3.05) is 25.1 Å². The molecule has 6 heteroatoms. The van der Waals surface area contributed by atoms with Gasteiger partial charge < -0.3 is 9.64 Å². The Labute approximate surface area is 113 Å². The molecule has 1 fully saturated rings. The van der Waals surface area contributed by atoms with Crippen LogP contribution in [0, 0.1) is 3.57 Å². The number of hydrogen-bond acceptors (Lipinski definition) is 4. The van der Waals surface area contributed by atoms with Gasteiger partial charge >= 0.3 is 0 Å². The van der Waals surface area contributed by atoms with Gasteiger partial charge in [0.15, 0.2) is 0 Å². The van der Waals surface area contributed by atoms with E-state index in [2.05, 4.69) is 37.5 Å². The Morgan fingerprint density at radius 3 is 2.81 bits per heavy atom. The van der Waals surface area contributed by atoms with Gasteiger partial charge in [0.2, 0.25) is 5.28 Å². The van der Waals surface area contributed by atoms with Crippen LogP contribution >= 0.6 is 34.2 Å². The van der Waals surface area contributed by atoms with Gasteiger partial charge in [0.25, 0.3) is 0 Å². The first-order chi connectivity index (χ1) is 7.70. The van der Waals surface area contributed by atoms with Gasteiger partial charge in [-0.2, -0.15) is 4.98 Å². The minimum Gasteiger partial charge on any atom is -0.381 e. The Morgan fingerprint density at radius 1 is 1.50 bits per heavy atom. The van der Waals surface area contributed by atoms with E-state index >= 15 is 0 Å². The van der Waals surface area contributed by atoms with Gasteiger partial charge in [-0.05, 0) is 47.0 Å². The SMILES string of the molecule is COC1CCN(c2nc(Cl)ncc2I)CC1. The zero-order valence-electron chi connectivity index (χ0n) is 8.99. The Balaban J connectivity index is 2.10. The minimum atomic E-state index is 0.310. The summed E-state index contributed by atoms with van der Waals surface area (Å²) in [5.74, 6) is 0.940. The molecule has 0 N–H and O–H groups in total. The molecule has 1 aliphatic heterocycles. The van der Waals surface area contributed by atoms with Crippen molar-refractivity contribution in [2.45, 2.75) is 18.9 Å². The van der Waals surface area contributed by atoms with Gasteiger partial charge in [-0.3, -0.25) is 0 Å². The highest BCUT2D eigenvalue weighted by molar-refractivity contribution is 14.1. The van der Waals surface area contributed by atoms with Crippen LogP contribution in [0.5, 0.6) is 0 Å². The van der Waals surface area contributed by atoms with Crippen molar-refractivity contribution in [2.24, 2.45) is 0 Å². The molecule has 1 aromatic heterocycles. The Kier molecular flexibility index (Phi) is 4.21. The summed E-state index contributed by atoms with van der Waals surface area (Å²) in [6, 6.07) is 0. The Bertz CT molecular complexity index is 369. The van der Waals surface area contributed by atoms with Gasteiger partial charge in [-0.25, -0.2) is 4.98 Å². The third-order valence-corrected chi connectivity index (χ3v) is 3.71. The van der Waals surface area contributed by atoms with Crippen LogP contribution in [0.25, 0.3) is 0 Å². The van der Waals surface area contributed by atoms with E-state index in [9.17, 15) is 0 Å². The van der Waals surface area contributed by atoms with E-state index < -0.39 is 0 Å². The Morgan fingerprint density at radius 2 is 2.19 bits per heavy atom. The van der Waals surface area contributed by atoms with Crippen LogP contribution in [0.15, 0.2) is 6.20 Å². The minimum absolute atomic E-state index is 0.310. The van der Waals surface area contributed by atoms with Crippen LogP contribution in [-0.4, -0.2) is 36.3 Å². The predicted octanol–water partition coefficient (Wildman–Crippen LogP) is 2.35. The average Bonchev–Trinajstić information content (AvgIpc) is 2.32. The highest BCUT2D eigenvalue weighted by Gasteiger charge is 2.21. The van der Waals surface area contributed by atoms with Crippen LogP contribution in [0.4, 0.5) is 5.82 Å². The van der Waals surface area contributed by atoms with Crippen LogP contribution < -0.4 is 4.90 Å². The second-order valence-electron chi connectivity index (χ2n) is 3.73. The molecule has 4 nitrogen and oxygen atoms in total. The molecule has 1 saturated heterocycles.